The summed E-state index contributed by atoms with van der Waals surface area (Å²) in [4.78, 5) is 0. The lowest BCUT2D eigenvalue weighted by atomic mass is 9.90. The number of rotatable bonds is 23. The lowest BCUT2D eigenvalue weighted by Gasteiger charge is -2.37. The Labute approximate surface area is 239 Å². The molecule has 9 nitrogen and oxygen atoms in total. The fourth-order valence-electron chi connectivity index (χ4n) is 3.69. The van der Waals surface area contributed by atoms with Gasteiger partial charge in [-0.3, -0.25) is 0 Å². The van der Waals surface area contributed by atoms with Crippen molar-refractivity contribution in [1.82, 2.24) is 0 Å². The molecule has 0 aromatic heterocycles. The van der Waals surface area contributed by atoms with Crippen molar-refractivity contribution in [1.29, 1.82) is 0 Å². The minimum absolute atomic E-state index is 0.226. The lowest BCUT2D eigenvalue weighted by molar-refractivity contribution is -0.138. The number of unbranched alkanes of at least 4 members (excludes halogenated alkanes) is 2. The van der Waals surface area contributed by atoms with E-state index in [0.29, 0.717) is 39.6 Å². The van der Waals surface area contributed by atoms with E-state index < -0.39 is 0 Å². The highest BCUT2D eigenvalue weighted by Gasteiger charge is 2.33. The predicted molar refractivity (Wildman–Crippen MR) is 154 cm³/mol. The molecule has 1 heterocycles. The molecular weight excluding hydrogens is 512 g/mol. The highest BCUT2D eigenvalue weighted by Crippen LogP contribution is 2.26. The van der Waals surface area contributed by atoms with Crippen molar-refractivity contribution in [3.05, 3.63) is 48.5 Å². The maximum Gasteiger partial charge on any atom is 0.119 e. The van der Waals surface area contributed by atoms with Crippen molar-refractivity contribution in [3.8, 4) is 11.5 Å². The molecule has 1 aliphatic rings. The zero-order valence-electron chi connectivity index (χ0n) is 24.2. The highest BCUT2D eigenvalue weighted by atomic mass is 16.6. The molecule has 9 heteroatoms. The second-order valence-electron chi connectivity index (χ2n) is 10.1. The Bertz CT molecular complexity index is 934. The van der Waals surface area contributed by atoms with E-state index in [1.54, 1.807) is 0 Å². The van der Waals surface area contributed by atoms with Gasteiger partial charge in [-0.05, 0) is 67.8 Å². The minimum atomic E-state index is 0.226. The van der Waals surface area contributed by atoms with Crippen LogP contribution in [0.15, 0.2) is 58.8 Å². The minimum Gasteiger partial charge on any atom is -0.494 e. The number of benzene rings is 2. The van der Waals surface area contributed by atoms with Gasteiger partial charge in [0.1, 0.15) is 18.1 Å². The molecular formula is C31H46N2O7. The molecule has 1 aliphatic heterocycles. The van der Waals surface area contributed by atoms with Gasteiger partial charge in [0.25, 0.3) is 0 Å². The molecule has 2 aromatic carbocycles. The van der Waals surface area contributed by atoms with Crippen LogP contribution in [-0.4, -0.2) is 79.3 Å². The smallest absolute Gasteiger partial charge is 0.119 e. The van der Waals surface area contributed by atoms with Gasteiger partial charge in [-0.2, -0.15) is 10.2 Å². The summed E-state index contributed by atoms with van der Waals surface area (Å²) in [5.74, 6) is 1.61. The van der Waals surface area contributed by atoms with Crippen molar-refractivity contribution in [3.63, 3.8) is 0 Å². The van der Waals surface area contributed by atoms with Gasteiger partial charge in [-0.25, -0.2) is 0 Å². The molecule has 0 saturated carbocycles. The first kappa shape index (κ1) is 32.0. The van der Waals surface area contributed by atoms with Crippen LogP contribution in [0.4, 0.5) is 11.4 Å². The van der Waals surface area contributed by atoms with Gasteiger partial charge >= 0.3 is 0 Å². The zero-order chi connectivity index (χ0) is 28.1. The lowest BCUT2D eigenvalue weighted by Crippen LogP contribution is -2.43. The molecule has 0 N–H and O–H groups in total. The zero-order valence-corrected chi connectivity index (χ0v) is 24.2. The van der Waals surface area contributed by atoms with E-state index in [1.807, 2.05) is 48.5 Å². The van der Waals surface area contributed by atoms with Gasteiger partial charge in [-0.1, -0.05) is 20.3 Å². The van der Waals surface area contributed by atoms with E-state index in [1.165, 1.54) is 0 Å². The SMILES string of the molecule is CCCCOc1ccc(N=Nc2ccc(OCCOCCOCCOCCCCOCC3(C)COC3)cc2)cc1. The summed E-state index contributed by atoms with van der Waals surface area (Å²) in [6, 6.07) is 15.1. The second kappa shape index (κ2) is 19.5. The molecule has 1 fully saturated rings. The summed E-state index contributed by atoms with van der Waals surface area (Å²) >= 11 is 0. The first-order valence-corrected chi connectivity index (χ1v) is 14.4. The maximum atomic E-state index is 5.72. The first-order valence-electron chi connectivity index (χ1n) is 14.4. The molecule has 0 amide bonds. The highest BCUT2D eigenvalue weighted by molar-refractivity contribution is 5.44. The monoisotopic (exact) mass is 558 g/mol. The number of ether oxygens (including phenoxy) is 7. The third-order valence-corrected chi connectivity index (χ3v) is 6.14. The summed E-state index contributed by atoms with van der Waals surface area (Å²) in [6.07, 6.45) is 4.17. The first-order chi connectivity index (χ1) is 19.7. The molecule has 222 valence electrons. The van der Waals surface area contributed by atoms with Gasteiger partial charge < -0.3 is 33.2 Å². The quantitative estimate of drug-likeness (QED) is 0.113. The van der Waals surface area contributed by atoms with Gasteiger partial charge in [0.15, 0.2) is 0 Å². The van der Waals surface area contributed by atoms with Gasteiger partial charge in [-0.15, -0.1) is 0 Å². The standard InChI is InChI=1S/C31H46N2O7/c1-3-4-17-39-29-11-7-27(8-12-29)32-33-28-9-13-30(14-10-28)40-23-22-36-21-20-35-19-18-34-15-5-6-16-37-24-31(2)25-38-26-31/h7-14H,3-6,15-26H2,1-2H3. The Balaban J connectivity index is 1.11. The van der Waals surface area contributed by atoms with E-state index in [2.05, 4.69) is 24.1 Å². The van der Waals surface area contributed by atoms with Gasteiger partial charge in [0, 0.05) is 18.6 Å². The maximum absolute atomic E-state index is 5.72. The molecule has 3 rings (SSSR count). The van der Waals surface area contributed by atoms with Crippen LogP contribution in [-0.2, 0) is 23.7 Å². The molecule has 0 spiro atoms. The van der Waals surface area contributed by atoms with E-state index in [-0.39, 0.29) is 5.41 Å². The third-order valence-electron chi connectivity index (χ3n) is 6.14. The largest absolute Gasteiger partial charge is 0.494 e. The summed E-state index contributed by atoms with van der Waals surface area (Å²) in [6.45, 7) is 12.2. The van der Waals surface area contributed by atoms with E-state index in [4.69, 9.17) is 33.2 Å². The fourth-order valence-corrected chi connectivity index (χ4v) is 3.69. The number of nitrogens with zero attached hydrogens (tertiary/aromatic N) is 2. The van der Waals surface area contributed by atoms with Crippen LogP contribution in [0.5, 0.6) is 11.5 Å². The van der Waals surface area contributed by atoms with Crippen molar-refractivity contribution in [2.75, 3.05) is 79.3 Å². The second-order valence-corrected chi connectivity index (χ2v) is 10.1. The molecule has 0 unspecified atom stereocenters. The number of hydrogen-bond donors (Lipinski definition) is 0. The van der Waals surface area contributed by atoms with Crippen molar-refractivity contribution in [2.45, 2.75) is 39.5 Å². The van der Waals surface area contributed by atoms with Crippen LogP contribution in [0.1, 0.15) is 39.5 Å². The molecule has 1 saturated heterocycles. The van der Waals surface area contributed by atoms with Crippen LogP contribution in [0.2, 0.25) is 0 Å². The summed E-state index contributed by atoms with van der Waals surface area (Å²) < 4.78 is 39.0. The summed E-state index contributed by atoms with van der Waals surface area (Å²) in [5, 5.41) is 8.56. The third kappa shape index (κ3) is 13.7. The normalized spacial score (nSPS) is 14.3. The predicted octanol–water partition coefficient (Wildman–Crippen LogP) is 6.54. The molecule has 0 bridgehead atoms. The Hall–Kier alpha value is -2.56. The molecule has 40 heavy (non-hydrogen) atoms. The molecule has 0 aliphatic carbocycles. The molecule has 0 radical (unpaired) electrons. The van der Waals surface area contributed by atoms with Crippen LogP contribution in [0.25, 0.3) is 0 Å². The molecule has 2 aromatic rings. The Kier molecular flexibility index (Phi) is 15.6. The van der Waals surface area contributed by atoms with Crippen LogP contribution in [0.3, 0.4) is 0 Å². The fraction of sp³-hybridized carbons (Fsp3) is 0.613. The van der Waals surface area contributed by atoms with Crippen LogP contribution in [0, 0.1) is 5.41 Å². The topological polar surface area (TPSA) is 89.3 Å². The van der Waals surface area contributed by atoms with Crippen molar-refractivity contribution in [2.24, 2.45) is 15.6 Å². The van der Waals surface area contributed by atoms with Gasteiger partial charge in [0.05, 0.1) is 70.8 Å². The average Bonchev–Trinajstić information content (AvgIpc) is 2.96. The summed E-state index contributed by atoms with van der Waals surface area (Å²) in [5.41, 5.74) is 1.76. The number of azo groups is 1. The van der Waals surface area contributed by atoms with Crippen LogP contribution < -0.4 is 9.47 Å². The van der Waals surface area contributed by atoms with Crippen molar-refractivity contribution >= 4 is 11.4 Å². The number of hydrogen-bond acceptors (Lipinski definition) is 9. The van der Waals surface area contributed by atoms with E-state index in [9.17, 15) is 0 Å². The Morgan fingerprint density at radius 3 is 1.57 bits per heavy atom. The average molecular weight is 559 g/mol. The van der Waals surface area contributed by atoms with Gasteiger partial charge in [0.2, 0.25) is 0 Å². The summed E-state index contributed by atoms with van der Waals surface area (Å²) in [7, 11) is 0. The molecule has 0 atom stereocenters. The Morgan fingerprint density at radius 2 is 1.07 bits per heavy atom. The van der Waals surface area contributed by atoms with Crippen LogP contribution >= 0.6 is 0 Å². The van der Waals surface area contributed by atoms with E-state index in [0.717, 1.165) is 88.2 Å². The van der Waals surface area contributed by atoms with Crippen molar-refractivity contribution < 1.29 is 33.2 Å². The van der Waals surface area contributed by atoms with E-state index >= 15 is 0 Å². The Morgan fingerprint density at radius 1 is 0.600 bits per heavy atom.